The lowest BCUT2D eigenvalue weighted by Gasteiger charge is -2.40. The van der Waals surface area contributed by atoms with Crippen molar-refractivity contribution in [3.8, 4) is 0 Å². The van der Waals surface area contributed by atoms with Crippen LogP contribution in [0.3, 0.4) is 0 Å². The second-order valence-electron chi connectivity index (χ2n) is 27.8. The first-order valence-electron chi connectivity index (χ1n) is 39.8. The van der Waals surface area contributed by atoms with Crippen LogP contribution in [0.25, 0.3) is 0 Å². The second kappa shape index (κ2) is 69.2. The fraction of sp³-hybridized carbons (Fsp3) is 0.900. The molecule has 1 aliphatic heterocycles. The summed E-state index contributed by atoms with van der Waals surface area (Å²) in [6.07, 6.45) is 80.3. The van der Waals surface area contributed by atoms with E-state index in [0.29, 0.717) is 19.4 Å². The van der Waals surface area contributed by atoms with Crippen molar-refractivity contribution >= 4 is 11.9 Å². The lowest BCUT2D eigenvalue weighted by Crippen LogP contribution is -2.60. The summed E-state index contributed by atoms with van der Waals surface area (Å²) in [5.74, 6) is -0.169. The zero-order chi connectivity index (χ0) is 65.8. The molecule has 1 saturated heterocycles. The highest BCUT2D eigenvalue weighted by atomic mass is 16.7. The molecular formula is C80H151NO10. The summed E-state index contributed by atoms with van der Waals surface area (Å²) in [6, 6.07) is -0.825. The van der Waals surface area contributed by atoms with Gasteiger partial charge in [-0.2, -0.15) is 0 Å². The molecule has 11 nitrogen and oxygen atoms in total. The molecule has 0 aromatic carbocycles. The summed E-state index contributed by atoms with van der Waals surface area (Å²) in [5, 5.41) is 54.6. The first kappa shape index (κ1) is 86.9. The predicted octanol–water partition coefficient (Wildman–Crippen LogP) is 21.3. The Kier molecular flexibility index (Phi) is 66.1. The molecule has 91 heavy (non-hydrogen) atoms. The zero-order valence-electron chi connectivity index (χ0n) is 59.8. The molecule has 1 rings (SSSR count). The molecule has 0 bridgehead atoms. The van der Waals surface area contributed by atoms with Crippen LogP contribution < -0.4 is 5.32 Å². The van der Waals surface area contributed by atoms with Crippen molar-refractivity contribution in [1.82, 2.24) is 5.32 Å². The predicted molar refractivity (Wildman–Crippen MR) is 384 cm³/mol. The Hall–Kier alpha value is -2.12. The van der Waals surface area contributed by atoms with Crippen LogP contribution in [0.5, 0.6) is 0 Å². The van der Waals surface area contributed by atoms with Gasteiger partial charge in [-0.15, -0.1) is 0 Å². The van der Waals surface area contributed by atoms with Gasteiger partial charge < -0.3 is 45.1 Å². The minimum atomic E-state index is -1.57. The molecule has 7 unspecified atom stereocenters. The van der Waals surface area contributed by atoms with Crippen molar-refractivity contribution in [1.29, 1.82) is 0 Å². The molecule has 6 N–H and O–H groups in total. The van der Waals surface area contributed by atoms with E-state index >= 15 is 0 Å². The largest absolute Gasteiger partial charge is 0.466 e. The van der Waals surface area contributed by atoms with E-state index in [-0.39, 0.29) is 18.5 Å². The molecule has 0 aromatic heterocycles. The molecule has 1 fully saturated rings. The fourth-order valence-corrected chi connectivity index (χ4v) is 12.7. The van der Waals surface area contributed by atoms with Gasteiger partial charge in [-0.3, -0.25) is 9.59 Å². The number of aliphatic hydroxyl groups is 5. The smallest absolute Gasteiger partial charge is 0.305 e. The summed E-state index contributed by atoms with van der Waals surface area (Å²) in [5.41, 5.74) is 0. The summed E-state index contributed by atoms with van der Waals surface area (Å²) in [4.78, 5) is 25.1. The highest BCUT2D eigenvalue weighted by molar-refractivity contribution is 5.76. The highest BCUT2D eigenvalue weighted by Gasteiger charge is 2.44. The molecule has 1 amide bonds. The normalized spacial score (nSPS) is 17.7. The molecule has 0 aromatic rings. The van der Waals surface area contributed by atoms with E-state index in [0.717, 1.165) is 51.4 Å². The highest BCUT2D eigenvalue weighted by Crippen LogP contribution is 2.24. The third-order valence-corrected chi connectivity index (χ3v) is 19.0. The van der Waals surface area contributed by atoms with Crippen molar-refractivity contribution < 1.29 is 49.3 Å². The van der Waals surface area contributed by atoms with Crippen molar-refractivity contribution in [2.75, 3.05) is 19.8 Å². The van der Waals surface area contributed by atoms with Crippen LogP contribution in [0.2, 0.25) is 0 Å². The van der Waals surface area contributed by atoms with Gasteiger partial charge in [0.25, 0.3) is 0 Å². The molecule has 536 valence electrons. The molecule has 0 radical (unpaired) electrons. The van der Waals surface area contributed by atoms with E-state index in [1.807, 2.05) is 6.08 Å². The van der Waals surface area contributed by atoms with Crippen LogP contribution in [0.1, 0.15) is 399 Å². The number of allylic oxidation sites excluding steroid dienone is 5. The van der Waals surface area contributed by atoms with Gasteiger partial charge in [-0.05, 0) is 70.6 Å². The van der Waals surface area contributed by atoms with E-state index in [9.17, 15) is 35.1 Å². The Labute approximate surface area is 562 Å². The summed E-state index contributed by atoms with van der Waals surface area (Å²) >= 11 is 0. The average molecular weight is 1290 g/mol. The minimum absolute atomic E-state index is 0.0164. The topological polar surface area (TPSA) is 175 Å². The minimum Gasteiger partial charge on any atom is -0.466 e. The number of hydrogen-bond acceptors (Lipinski definition) is 10. The third kappa shape index (κ3) is 57.8. The number of esters is 1. The van der Waals surface area contributed by atoms with Crippen LogP contribution >= 0.6 is 0 Å². The van der Waals surface area contributed by atoms with Crippen molar-refractivity contribution in [2.24, 2.45) is 0 Å². The quantitative estimate of drug-likeness (QED) is 0.0195. The van der Waals surface area contributed by atoms with Crippen LogP contribution in [0.15, 0.2) is 36.5 Å². The van der Waals surface area contributed by atoms with Crippen LogP contribution in [-0.4, -0.2) is 100 Å². The number of unbranched alkanes of at least 4 members (excludes halogenated alkanes) is 53. The number of ether oxygens (including phenoxy) is 3. The van der Waals surface area contributed by atoms with Crippen LogP contribution in [-0.2, 0) is 23.8 Å². The average Bonchev–Trinajstić information content (AvgIpc) is 2.21. The second-order valence-corrected chi connectivity index (χ2v) is 27.8. The van der Waals surface area contributed by atoms with E-state index in [1.54, 1.807) is 6.08 Å². The van der Waals surface area contributed by atoms with Gasteiger partial charge in [-0.25, -0.2) is 0 Å². The van der Waals surface area contributed by atoms with Gasteiger partial charge in [0.2, 0.25) is 5.91 Å². The molecule has 11 heteroatoms. The van der Waals surface area contributed by atoms with Gasteiger partial charge in [0.15, 0.2) is 6.29 Å². The van der Waals surface area contributed by atoms with Gasteiger partial charge in [0.1, 0.15) is 24.4 Å². The van der Waals surface area contributed by atoms with Crippen LogP contribution in [0, 0.1) is 0 Å². The molecule has 0 spiro atoms. The standard InChI is InChI=1S/C80H151NO10/c1-3-5-7-9-11-13-15-17-43-46-50-54-58-62-66-73(83)72(71-90-80-79(88)78(87)77(86)74(70-82)91-80)81-75(84)67-63-59-55-51-47-44-41-39-37-35-33-31-29-27-25-23-21-19-18-20-22-24-26-28-30-32-34-36-38-40-42-45-49-53-57-61-65-69-89-76(85)68-64-60-56-52-48-16-14-12-10-8-6-4-2/h18,20,46,50,62,66,72-74,77-80,82-83,86-88H,3-17,19,21-45,47-49,51-61,63-65,67-71H2,1-2H3,(H,81,84)/b20-18-,50-46+,66-62+. The number of amides is 1. The summed E-state index contributed by atoms with van der Waals surface area (Å²) < 4.78 is 16.8. The third-order valence-electron chi connectivity index (χ3n) is 19.0. The molecule has 1 heterocycles. The van der Waals surface area contributed by atoms with Crippen LogP contribution in [0.4, 0.5) is 0 Å². The van der Waals surface area contributed by atoms with E-state index in [1.165, 1.54) is 321 Å². The maximum Gasteiger partial charge on any atom is 0.305 e. The van der Waals surface area contributed by atoms with Gasteiger partial charge in [0, 0.05) is 12.8 Å². The maximum atomic E-state index is 13.1. The Morgan fingerprint density at radius 2 is 0.714 bits per heavy atom. The summed E-state index contributed by atoms with van der Waals surface area (Å²) in [6.45, 7) is 4.38. The van der Waals surface area contributed by atoms with Crippen molar-refractivity contribution in [2.45, 2.75) is 442 Å². The number of aliphatic hydroxyl groups excluding tert-OH is 5. The van der Waals surface area contributed by atoms with Gasteiger partial charge >= 0.3 is 5.97 Å². The molecule has 0 aliphatic carbocycles. The summed E-state index contributed by atoms with van der Waals surface area (Å²) in [7, 11) is 0. The molecule has 7 atom stereocenters. The first-order chi connectivity index (χ1) is 44.7. The van der Waals surface area contributed by atoms with Crippen molar-refractivity contribution in [3.05, 3.63) is 36.5 Å². The van der Waals surface area contributed by atoms with E-state index in [4.69, 9.17) is 14.2 Å². The maximum absolute atomic E-state index is 13.1. The first-order valence-corrected chi connectivity index (χ1v) is 39.8. The fourth-order valence-electron chi connectivity index (χ4n) is 12.7. The van der Waals surface area contributed by atoms with Crippen molar-refractivity contribution in [3.63, 3.8) is 0 Å². The number of rotatable bonds is 71. The number of carbonyl (C=O) groups is 2. The lowest BCUT2D eigenvalue weighted by atomic mass is 9.99. The SMILES string of the molecule is CCCCCCCCCC/C=C/CC/C=C/C(O)C(COC1OC(CO)C(O)C(O)C1O)NC(=O)CCCCCCCCCCCCCCCCCCC/C=C\CCCCCCCCCCCCCCCCCCOC(=O)CCCCCCCCCCCCCC. The molecular weight excluding hydrogens is 1130 g/mol. The molecule has 1 aliphatic rings. The Morgan fingerprint density at radius 3 is 1.09 bits per heavy atom. The number of nitrogens with one attached hydrogen (secondary N) is 1. The Balaban J connectivity index is 1.92. The van der Waals surface area contributed by atoms with E-state index in [2.05, 4.69) is 43.5 Å². The zero-order valence-corrected chi connectivity index (χ0v) is 59.8. The number of carbonyl (C=O) groups excluding carboxylic acids is 2. The van der Waals surface area contributed by atoms with Gasteiger partial charge in [-0.1, -0.05) is 352 Å². The van der Waals surface area contributed by atoms with E-state index < -0.39 is 49.5 Å². The van der Waals surface area contributed by atoms with Gasteiger partial charge in [0.05, 0.1) is 32.0 Å². The number of hydrogen-bond donors (Lipinski definition) is 6. The molecule has 0 saturated carbocycles. The Morgan fingerprint density at radius 1 is 0.396 bits per heavy atom. The lowest BCUT2D eigenvalue weighted by molar-refractivity contribution is -0.302. The monoisotopic (exact) mass is 1290 g/mol. The Bertz CT molecular complexity index is 1610.